The third kappa shape index (κ3) is 4.00. The monoisotopic (exact) mass is 320 g/mol. The number of alkyl halides is 3. The molecule has 1 saturated heterocycles. The molecule has 1 aliphatic rings. The van der Waals surface area contributed by atoms with Crippen LogP contribution in [0.15, 0.2) is 22.0 Å². The van der Waals surface area contributed by atoms with E-state index >= 15 is 0 Å². The lowest BCUT2D eigenvalue weighted by molar-refractivity contribution is -0.138. The lowest BCUT2D eigenvalue weighted by Crippen LogP contribution is -2.36. The van der Waals surface area contributed by atoms with Crippen molar-refractivity contribution in [1.29, 1.82) is 5.26 Å². The maximum absolute atomic E-state index is 12.8. The largest absolute Gasteiger partial charge is 0.417 e. The minimum atomic E-state index is -4.59. The van der Waals surface area contributed by atoms with Crippen molar-refractivity contribution in [2.24, 2.45) is 0 Å². The second-order valence-corrected chi connectivity index (χ2v) is 5.14. The molecule has 21 heavy (non-hydrogen) atoms. The Hall–Kier alpha value is -1.50. The highest BCUT2D eigenvalue weighted by molar-refractivity contribution is 8.03. The Morgan fingerprint density at radius 1 is 1.48 bits per heavy atom. The van der Waals surface area contributed by atoms with Crippen molar-refractivity contribution >= 4 is 11.8 Å². The molecule has 1 fully saturated rings. The standard InChI is InChI=1S/C12H11F3N2O3S/c13-12(14,15)8-3-10(21-7-16)11(18)17(4-8)5-9-6-19-1-2-20-9/h3-4,9H,1-2,5-6H2. The number of pyridine rings is 1. The molecule has 1 unspecified atom stereocenters. The highest BCUT2D eigenvalue weighted by atomic mass is 32.2. The fraction of sp³-hybridized carbons (Fsp3) is 0.500. The molecule has 0 N–H and O–H groups in total. The van der Waals surface area contributed by atoms with E-state index in [9.17, 15) is 18.0 Å². The smallest absolute Gasteiger partial charge is 0.376 e. The first-order valence-electron chi connectivity index (χ1n) is 5.99. The van der Waals surface area contributed by atoms with Gasteiger partial charge < -0.3 is 14.0 Å². The molecule has 114 valence electrons. The van der Waals surface area contributed by atoms with Crippen LogP contribution < -0.4 is 5.56 Å². The Balaban J connectivity index is 2.36. The number of thioether (sulfide) groups is 1. The normalized spacial score (nSPS) is 19.2. The van der Waals surface area contributed by atoms with Gasteiger partial charge >= 0.3 is 6.18 Å². The molecule has 2 rings (SSSR count). The van der Waals surface area contributed by atoms with Crippen molar-refractivity contribution in [3.05, 3.63) is 28.2 Å². The summed E-state index contributed by atoms with van der Waals surface area (Å²) >= 11 is 0.409. The second-order valence-electron chi connectivity index (χ2n) is 4.31. The van der Waals surface area contributed by atoms with Gasteiger partial charge in [0.2, 0.25) is 0 Å². The molecule has 0 bridgehead atoms. The van der Waals surface area contributed by atoms with Crippen LogP contribution in [0.2, 0.25) is 0 Å². The van der Waals surface area contributed by atoms with Crippen molar-refractivity contribution in [2.75, 3.05) is 19.8 Å². The number of nitrogens with zero attached hydrogens (tertiary/aromatic N) is 2. The molecule has 9 heteroatoms. The zero-order chi connectivity index (χ0) is 15.5. The van der Waals surface area contributed by atoms with E-state index in [1.807, 2.05) is 0 Å². The fourth-order valence-corrected chi connectivity index (χ4v) is 2.37. The van der Waals surface area contributed by atoms with Gasteiger partial charge in [0.1, 0.15) is 5.40 Å². The average Bonchev–Trinajstić information content (AvgIpc) is 2.43. The Bertz CT molecular complexity index is 603. The van der Waals surface area contributed by atoms with Crippen molar-refractivity contribution in [3.63, 3.8) is 0 Å². The summed E-state index contributed by atoms with van der Waals surface area (Å²) in [5.41, 5.74) is -1.62. The van der Waals surface area contributed by atoms with Gasteiger partial charge in [-0.05, 0) is 17.8 Å². The maximum Gasteiger partial charge on any atom is 0.417 e. The SMILES string of the molecule is N#CSc1cc(C(F)(F)F)cn(CC2COCCO2)c1=O. The molecule has 0 spiro atoms. The highest BCUT2D eigenvalue weighted by Crippen LogP contribution is 2.30. The number of thiocyanates is 1. The molecule has 1 aliphatic heterocycles. The summed E-state index contributed by atoms with van der Waals surface area (Å²) in [5, 5.41) is 10.2. The number of aromatic nitrogens is 1. The van der Waals surface area contributed by atoms with Crippen molar-refractivity contribution in [3.8, 4) is 5.40 Å². The van der Waals surface area contributed by atoms with E-state index in [1.54, 1.807) is 5.40 Å². The van der Waals surface area contributed by atoms with Crippen molar-refractivity contribution in [1.82, 2.24) is 4.57 Å². The molecular formula is C12H11F3N2O3S. The first kappa shape index (κ1) is 15.9. The number of hydrogen-bond acceptors (Lipinski definition) is 5. The molecule has 0 aromatic carbocycles. The Morgan fingerprint density at radius 3 is 2.81 bits per heavy atom. The lowest BCUT2D eigenvalue weighted by atomic mass is 10.2. The van der Waals surface area contributed by atoms with E-state index in [-0.39, 0.29) is 18.0 Å². The zero-order valence-electron chi connectivity index (χ0n) is 10.7. The second kappa shape index (κ2) is 6.51. The number of hydrogen-bond donors (Lipinski definition) is 0. The molecule has 0 radical (unpaired) electrons. The van der Waals surface area contributed by atoms with Crippen LogP contribution in [0.5, 0.6) is 0 Å². The molecule has 2 heterocycles. The third-order valence-corrected chi connectivity index (χ3v) is 3.43. The highest BCUT2D eigenvalue weighted by Gasteiger charge is 2.32. The van der Waals surface area contributed by atoms with Gasteiger partial charge in [0, 0.05) is 6.20 Å². The molecule has 5 nitrogen and oxygen atoms in total. The summed E-state index contributed by atoms with van der Waals surface area (Å²) in [4.78, 5) is 11.8. The summed E-state index contributed by atoms with van der Waals surface area (Å²) < 4.78 is 49.9. The lowest BCUT2D eigenvalue weighted by Gasteiger charge is -2.24. The first-order chi connectivity index (χ1) is 9.91. The van der Waals surface area contributed by atoms with Gasteiger partial charge in [-0.3, -0.25) is 4.79 Å². The van der Waals surface area contributed by atoms with E-state index in [0.29, 0.717) is 31.0 Å². The predicted molar refractivity (Wildman–Crippen MR) is 67.7 cm³/mol. The van der Waals surface area contributed by atoms with E-state index in [2.05, 4.69) is 0 Å². The van der Waals surface area contributed by atoms with Crippen LogP contribution in [-0.2, 0) is 22.2 Å². The van der Waals surface area contributed by atoms with Gasteiger partial charge in [-0.15, -0.1) is 0 Å². The zero-order valence-corrected chi connectivity index (χ0v) is 11.5. The van der Waals surface area contributed by atoms with Crippen LogP contribution >= 0.6 is 11.8 Å². The minimum absolute atomic E-state index is 0.0538. The Labute approximate surface area is 122 Å². The van der Waals surface area contributed by atoms with Gasteiger partial charge in [-0.25, -0.2) is 0 Å². The minimum Gasteiger partial charge on any atom is -0.376 e. The summed E-state index contributed by atoms with van der Waals surface area (Å²) in [7, 11) is 0. The maximum atomic E-state index is 12.8. The van der Waals surface area contributed by atoms with Gasteiger partial charge in [0.25, 0.3) is 5.56 Å². The molecule has 1 aromatic heterocycles. The topological polar surface area (TPSA) is 64.2 Å². The van der Waals surface area contributed by atoms with Crippen LogP contribution in [0, 0.1) is 10.7 Å². The molecule has 1 atom stereocenters. The first-order valence-corrected chi connectivity index (χ1v) is 6.80. The number of nitriles is 1. The Morgan fingerprint density at radius 2 is 2.24 bits per heavy atom. The molecular weight excluding hydrogens is 309 g/mol. The molecule has 0 aliphatic carbocycles. The van der Waals surface area contributed by atoms with Gasteiger partial charge in [0.05, 0.1) is 42.9 Å². The predicted octanol–water partition coefficient (Wildman–Crippen LogP) is 1.86. The van der Waals surface area contributed by atoms with Crippen molar-refractivity contribution in [2.45, 2.75) is 23.7 Å². The summed E-state index contributed by atoms with van der Waals surface area (Å²) in [5.74, 6) is 0. The van der Waals surface area contributed by atoms with Crippen LogP contribution in [0.3, 0.4) is 0 Å². The third-order valence-electron chi connectivity index (χ3n) is 2.82. The summed E-state index contributed by atoms with van der Waals surface area (Å²) in [6.45, 7) is 0.910. The number of halogens is 3. The summed E-state index contributed by atoms with van der Waals surface area (Å²) in [6, 6.07) is 0.685. The molecule has 0 saturated carbocycles. The van der Waals surface area contributed by atoms with Crippen LogP contribution in [-0.4, -0.2) is 30.5 Å². The Kier molecular flexibility index (Phi) is 4.92. The number of ether oxygens (including phenoxy) is 2. The van der Waals surface area contributed by atoms with Gasteiger partial charge in [-0.2, -0.15) is 18.4 Å². The van der Waals surface area contributed by atoms with E-state index < -0.39 is 23.4 Å². The van der Waals surface area contributed by atoms with E-state index in [4.69, 9.17) is 14.7 Å². The van der Waals surface area contributed by atoms with E-state index in [0.717, 1.165) is 10.8 Å². The van der Waals surface area contributed by atoms with Gasteiger partial charge in [-0.1, -0.05) is 0 Å². The molecule has 0 amide bonds. The van der Waals surface area contributed by atoms with Crippen LogP contribution in [0.4, 0.5) is 13.2 Å². The van der Waals surface area contributed by atoms with Crippen LogP contribution in [0.1, 0.15) is 5.56 Å². The fourth-order valence-electron chi connectivity index (χ4n) is 1.88. The number of rotatable bonds is 3. The average molecular weight is 320 g/mol. The summed E-state index contributed by atoms with van der Waals surface area (Å²) in [6.07, 6.45) is -4.34. The van der Waals surface area contributed by atoms with Crippen LogP contribution in [0.25, 0.3) is 0 Å². The van der Waals surface area contributed by atoms with Gasteiger partial charge in [0.15, 0.2) is 0 Å². The quantitative estimate of drug-likeness (QED) is 0.628. The van der Waals surface area contributed by atoms with E-state index in [1.165, 1.54) is 0 Å². The van der Waals surface area contributed by atoms with Crippen molar-refractivity contribution < 1.29 is 22.6 Å². The molecule has 1 aromatic rings.